The summed E-state index contributed by atoms with van der Waals surface area (Å²) in [6.45, 7) is 0. The molecule has 0 saturated heterocycles. The number of rotatable bonds is 2. The van der Waals surface area contributed by atoms with Crippen LogP contribution < -0.4 is 0 Å². The molecule has 2 nitrogen and oxygen atoms in total. The fraction of sp³-hybridized carbons (Fsp3) is 0. The molecule has 8 aromatic carbocycles. The third-order valence-electron chi connectivity index (χ3n) is 8.59. The van der Waals surface area contributed by atoms with Crippen LogP contribution >= 0.6 is 0 Å². The maximum Gasteiger partial charge on any atom is 0.0973 e. The van der Waals surface area contributed by atoms with Gasteiger partial charge in [0, 0.05) is 11.1 Å². The second-order valence-electron chi connectivity index (χ2n) is 11.0. The van der Waals surface area contributed by atoms with Crippen LogP contribution in [0.2, 0.25) is 0 Å². The van der Waals surface area contributed by atoms with Crippen molar-refractivity contribution in [2.75, 3.05) is 0 Å². The fourth-order valence-electron chi connectivity index (χ4n) is 6.54. The quantitative estimate of drug-likeness (QED) is 0.207. The first-order valence-corrected chi connectivity index (χ1v) is 14.3. The summed E-state index contributed by atoms with van der Waals surface area (Å²) in [5, 5.41) is 12.5. The van der Waals surface area contributed by atoms with Crippen LogP contribution in [0.3, 0.4) is 0 Å². The Morgan fingerprint density at radius 2 is 0.833 bits per heavy atom. The second-order valence-corrected chi connectivity index (χ2v) is 11.0. The van der Waals surface area contributed by atoms with Crippen LogP contribution in [0.1, 0.15) is 0 Å². The van der Waals surface area contributed by atoms with Crippen LogP contribution in [-0.4, -0.2) is 9.97 Å². The lowest BCUT2D eigenvalue weighted by atomic mass is 9.92. The van der Waals surface area contributed by atoms with Gasteiger partial charge in [0.25, 0.3) is 0 Å². The molecule has 0 bridgehead atoms. The molecule has 0 unspecified atom stereocenters. The molecule has 0 saturated carbocycles. The molecule has 194 valence electrons. The summed E-state index contributed by atoms with van der Waals surface area (Å²) in [5.41, 5.74) is 5.72. The van der Waals surface area contributed by atoms with Crippen LogP contribution in [0.25, 0.3) is 87.4 Å². The van der Waals surface area contributed by atoms with Crippen LogP contribution in [0.15, 0.2) is 146 Å². The molecular weight excluding hydrogens is 508 g/mol. The molecule has 0 amide bonds. The lowest BCUT2D eigenvalue weighted by Crippen LogP contribution is -1.96. The molecule has 0 spiro atoms. The average Bonchev–Trinajstić information content (AvgIpc) is 3.06. The van der Waals surface area contributed by atoms with Gasteiger partial charge in [0.1, 0.15) is 0 Å². The fourth-order valence-corrected chi connectivity index (χ4v) is 6.54. The highest BCUT2D eigenvalue weighted by atomic mass is 14.8. The summed E-state index contributed by atoms with van der Waals surface area (Å²) in [6.07, 6.45) is 0. The van der Waals surface area contributed by atoms with Gasteiger partial charge in [-0.05, 0) is 78.1 Å². The van der Waals surface area contributed by atoms with E-state index in [0.717, 1.165) is 33.5 Å². The zero-order valence-electron chi connectivity index (χ0n) is 22.8. The molecule has 0 aliphatic heterocycles. The van der Waals surface area contributed by atoms with Crippen LogP contribution in [0.5, 0.6) is 0 Å². The minimum absolute atomic E-state index is 0.897. The maximum atomic E-state index is 5.19. The van der Waals surface area contributed by atoms with E-state index in [1.54, 1.807) is 0 Å². The summed E-state index contributed by atoms with van der Waals surface area (Å²) >= 11 is 0. The molecule has 0 radical (unpaired) electrons. The smallest absolute Gasteiger partial charge is 0.0973 e. The standard InChI is InChI=1S/C40H24N2/c1-2-9-28-23-30(16-13-25(28)7-1)39-40(42-37-12-6-5-11-36(37)41-39)31-19-20-33-29(24-31)15-14-27-18-21-34-32-10-4-3-8-26(32)17-22-35(34)38(27)33/h1-24H. The van der Waals surface area contributed by atoms with Gasteiger partial charge in [0.05, 0.1) is 22.4 Å². The molecule has 1 aromatic heterocycles. The summed E-state index contributed by atoms with van der Waals surface area (Å²) in [4.78, 5) is 10.4. The first kappa shape index (κ1) is 23.1. The molecule has 1 heterocycles. The van der Waals surface area contributed by atoms with E-state index in [1.165, 1.54) is 53.9 Å². The topological polar surface area (TPSA) is 25.8 Å². The monoisotopic (exact) mass is 532 g/mol. The number of hydrogen-bond acceptors (Lipinski definition) is 2. The number of nitrogens with zero attached hydrogens (tertiary/aromatic N) is 2. The van der Waals surface area contributed by atoms with Gasteiger partial charge in [-0.2, -0.15) is 0 Å². The van der Waals surface area contributed by atoms with Crippen molar-refractivity contribution in [2.24, 2.45) is 0 Å². The molecule has 2 heteroatoms. The number of benzene rings is 8. The number of hydrogen-bond donors (Lipinski definition) is 0. The van der Waals surface area contributed by atoms with Crippen molar-refractivity contribution in [3.8, 4) is 22.5 Å². The van der Waals surface area contributed by atoms with Crippen molar-refractivity contribution in [1.82, 2.24) is 9.97 Å². The zero-order valence-corrected chi connectivity index (χ0v) is 22.8. The third kappa shape index (κ3) is 3.52. The van der Waals surface area contributed by atoms with Gasteiger partial charge >= 0.3 is 0 Å². The highest BCUT2D eigenvalue weighted by Gasteiger charge is 2.15. The molecule has 9 aromatic rings. The Morgan fingerprint density at radius 3 is 1.64 bits per heavy atom. The van der Waals surface area contributed by atoms with Gasteiger partial charge in [0.2, 0.25) is 0 Å². The van der Waals surface area contributed by atoms with Crippen LogP contribution in [0, 0.1) is 0 Å². The lowest BCUT2D eigenvalue weighted by molar-refractivity contribution is 1.30. The van der Waals surface area contributed by atoms with Crippen LogP contribution in [0.4, 0.5) is 0 Å². The van der Waals surface area contributed by atoms with E-state index in [2.05, 4.69) is 121 Å². The minimum Gasteiger partial charge on any atom is -0.244 e. The maximum absolute atomic E-state index is 5.19. The van der Waals surface area contributed by atoms with Crippen molar-refractivity contribution in [2.45, 2.75) is 0 Å². The van der Waals surface area contributed by atoms with Crippen molar-refractivity contribution in [3.63, 3.8) is 0 Å². The van der Waals surface area contributed by atoms with Crippen molar-refractivity contribution in [3.05, 3.63) is 146 Å². The minimum atomic E-state index is 0.897. The van der Waals surface area contributed by atoms with Gasteiger partial charge in [-0.25, -0.2) is 9.97 Å². The Labute approximate surface area is 242 Å². The highest BCUT2D eigenvalue weighted by molar-refractivity contribution is 6.24. The predicted molar refractivity (Wildman–Crippen MR) is 178 cm³/mol. The van der Waals surface area contributed by atoms with E-state index in [4.69, 9.17) is 9.97 Å². The van der Waals surface area contributed by atoms with Gasteiger partial charge in [-0.1, -0.05) is 121 Å². The Hall–Kier alpha value is -5.60. The Kier molecular flexibility index (Phi) is 4.93. The van der Waals surface area contributed by atoms with E-state index in [9.17, 15) is 0 Å². The van der Waals surface area contributed by atoms with Crippen molar-refractivity contribution in [1.29, 1.82) is 0 Å². The van der Waals surface area contributed by atoms with E-state index >= 15 is 0 Å². The van der Waals surface area contributed by atoms with E-state index in [-0.39, 0.29) is 0 Å². The van der Waals surface area contributed by atoms with E-state index < -0.39 is 0 Å². The molecule has 0 N–H and O–H groups in total. The Morgan fingerprint density at radius 1 is 0.310 bits per heavy atom. The predicted octanol–water partition coefficient (Wildman–Crippen LogP) is 10.7. The third-order valence-corrected chi connectivity index (χ3v) is 8.59. The molecule has 0 aliphatic rings. The summed E-state index contributed by atoms with van der Waals surface area (Å²) in [6, 6.07) is 52.1. The molecule has 9 rings (SSSR count). The van der Waals surface area contributed by atoms with Crippen LogP contribution in [-0.2, 0) is 0 Å². The normalized spacial score (nSPS) is 11.8. The first-order chi connectivity index (χ1) is 20.8. The molecule has 0 fully saturated rings. The summed E-state index contributed by atoms with van der Waals surface area (Å²) in [7, 11) is 0. The zero-order chi connectivity index (χ0) is 27.6. The molecule has 42 heavy (non-hydrogen) atoms. The first-order valence-electron chi connectivity index (χ1n) is 14.3. The summed E-state index contributed by atoms with van der Waals surface area (Å²) < 4.78 is 0. The molecular formula is C40H24N2. The Bertz CT molecular complexity index is 2530. The number of fused-ring (bicyclic) bond motifs is 9. The van der Waals surface area contributed by atoms with E-state index in [1.807, 2.05) is 24.3 Å². The largest absolute Gasteiger partial charge is 0.244 e. The SMILES string of the molecule is c1ccc2cc(-c3nc4ccccc4nc3-c3ccc4c(ccc5ccc6c7ccccc7ccc6c54)c3)ccc2c1. The second kappa shape index (κ2) is 8.95. The lowest BCUT2D eigenvalue weighted by Gasteiger charge is -2.14. The van der Waals surface area contributed by atoms with Gasteiger partial charge in [0.15, 0.2) is 0 Å². The van der Waals surface area contributed by atoms with Gasteiger partial charge < -0.3 is 0 Å². The molecule has 0 atom stereocenters. The highest BCUT2D eigenvalue weighted by Crippen LogP contribution is 2.38. The Balaban J connectivity index is 1.30. The number of aromatic nitrogens is 2. The van der Waals surface area contributed by atoms with Crippen molar-refractivity contribution < 1.29 is 0 Å². The summed E-state index contributed by atoms with van der Waals surface area (Å²) in [5.74, 6) is 0. The average molecular weight is 533 g/mol. The number of para-hydroxylation sites is 2. The van der Waals surface area contributed by atoms with Crippen molar-refractivity contribution >= 4 is 64.9 Å². The van der Waals surface area contributed by atoms with E-state index in [0.29, 0.717) is 0 Å². The molecule has 0 aliphatic carbocycles. The van der Waals surface area contributed by atoms with Gasteiger partial charge in [-0.3, -0.25) is 0 Å². The van der Waals surface area contributed by atoms with Gasteiger partial charge in [-0.15, -0.1) is 0 Å².